The second kappa shape index (κ2) is 8.07. The van der Waals surface area contributed by atoms with Crippen LogP contribution in [0.1, 0.15) is 22.3 Å². The molecule has 0 aliphatic carbocycles. The van der Waals surface area contributed by atoms with Crippen LogP contribution >= 0.6 is 0 Å². The van der Waals surface area contributed by atoms with Crippen LogP contribution < -0.4 is 10.1 Å². The summed E-state index contributed by atoms with van der Waals surface area (Å²) in [5.74, 6) is -0.0141. The fourth-order valence-electron chi connectivity index (χ4n) is 1.95. The molecule has 0 atom stereocenters. The predicted molar refractivity (Wildman–Crippen MR) is 81.7 cm³/mol. The van der Waals surface area contributed by atoms with Crippen molar-refractivity contribution in [3.8, 4) is 5.75 Å². The number of aromatic carboxylic acids is 1. The highest BCUT2D eigenvalue weighted by Crippen LogP contribution is 2.08. The molecule has 0 saturated carbocycles. The van der Waals surface area contributed by atoms with Gasteiger partial charge in [0.15, 0.2) is 0 Å². The molecule has 0 fully saturated rings. The Morgan fingerprint density at radius 2 is 1.90 bits per heavy atom. The van der Waals surface area contributed by atoms with Gasteiger partial charge in [-0.2, -0.15) is 0 Å². The van der Waals surface area contributed by atoms with Crippen LogP contribution in [0.4, 0.5) is 0 Å². The van der Waals surface area contributed by atoms with Gasteiger partial charge in [-0.05, 0) is 42.8 Å². The van der Waals surface area contributed by atoms with E-state index in [9.17, 15) is 4.79 Å². The molecule has 0 aliphatic rings. The van der Waals surface area contributed by atoms with Gasteiger partial charge >= 0.3 is 5.97 Å². The SMILES string of the molecule is O=C(O)c1cccc(CNCCCOc2ccccc2)c1. The minimum Gasteiger partial charge on any atom is -0.494 e. The van der Waals surface area contributed by atoms with E-state index in [1.165, 1.54) is 0 Å². The molecule has 0 saturated heterocycles. The Bertz CT molecular complexity index is 569. The van der Waals surface area contributed by atoms with Crippen molar-refractivity contribution in [3.05, 3.63) is 65.7 Å². The number of carboxylic acids is 1. The molecule has 0 amide bonds. The van der Waals surface area contributed by atoms with Gasteiger partial charge in [-0.1, -0.05) is 30.3 Å². The van der Waals surface area contributed by atoms with E-state index in [1.54, 1.807) is 18.2 Å². The summed E-state index contributed by atoms with van der Waals surface area (Å²) in [6.07, 6.45) is 0.896. The first-order valence-electron chi connectivity index (χ1n) is 6.96. The third-order valence-corrected chi connectivity index (χ3v) is 3.01. The van der Waals surface area contributed by atoms with E-state index in [2.05, 4.69) is 5.32 Å². The Balaban J connectivity index is 1.64. The fourth-order valence-corrected chi connectivity index (χ4v) is 1.95. The molecule has 0 bridgehead atoms. The van der Waals surface area contributed by atoms with Crippen LogP contribution in [-0.4, -0.2) is 24.2 Å². The summed E-state index contributed by atoms with van der Waals surface area (Å²) in [6, 6.07) is 16.7. The quantitative estimate of drug-likeness (QED) is 0.732. The first-order chi connectivity index (χ1) is 10.3. The Labute approximate surface area is 124 Å². The number of para-hydroxylation sites is 1. The van der Waals surface area contributed by atoms with Crippen molar-refractivity contribution in [2.75, 3.05) is 13.2 Å². The number of hydrogen-bond donors (Lipinski definition) is 2. The molecule has 0 spiro atoms. The maximum atomic E-state index is 10.9. The zero-order valence-electron chi connectivity index (χ0n) is 11.8. The summed E-state index contributed by atoms with van der Waals surface area (Å²) >= 11 is 0. The van der Waals surface area contributed by atoms with Crippen LogP contribution in [0.2, 0.25) is 0 Å². The molecule has 0 heterocycles. The van der Waals surface area contributed by atoms with Crippen LogP contribution in [0.25, 0.3) is 0 Å². The van der Waals surface area contributed by atoms with E-state index in [1.807, 2.05) is 36.4 Å². The third-order valence-electron chi connectivity index (χ3n) is 3.01. The second-order valence-electron chi connectivity index (χ2n) is 4.70. The van der Waals surface area contributed by atoms with E-state index in [0.29, 0.717) is 18.7 Å². The minimum atomic E-state index is -0.895. The lowest BCUT2D eigenvalue weighted by atomic mass is 10.1. The summed E-state index contributed by atoms with van der Waals surface area (Å²) in [5, 5.41) is 12.2. The molecule has 0 aliphatic heterocycles. The first-order valence-corrected chi connectivity index (χ1v) is 6.96. The summed E-state index contributed by atoms with van der Waals surface area (Å²) in [4.78, 5) is 10.9. The lowest BCUT2D eigenvalue weighted by molar-refractivity contribution is 0.0696. The molecule has 0 radical (unpaired) electrons. The topological polar surface area (TPSA) is 58.6 Å². The molecule has 0 aromatic heterocycles. The maximum Gasteiger partial charge on any atom is 0.335 e. The van der Waals surface area contributed by atoms with Crippen LogP contribution in [0.15, 0.2) is 54.6 Å². The molecule has 0 unspecified atom stereocenters. The summed E-state index contributed by atoms with van der Waals surface area (Å²) in [6.45, 7) is 2.14. The highest BCUT2D eigenvalue weighted by Gasteiger charge is 2.02. The van der Waals surface area contributed by atoms with E-state index in [-0.39, 0.29) is 0 Å². The third kappa shape index (κ3) is 5.28. The van der Waals surface area contributed by atoms with Gasteiger partial charge in [0.25, 0.3) is 0 Å². The van der Waals surface area contributed by atoms with Gasteiger partial charge < -0.3 is 15.2 Å². The van der Waals surface area contributed by atoms with E-state index >= 15 is 0 Å². The zero-order chi connectivity index (χ0) is 14.9. The van der Waals surface area contributed by atoms with Gasteiger partial charge in [0.2, 0.25) is 0 Å². The number of ether oxygens (including phenoxy) is 1. The largest absolute Gasteiger partial charge is 0.494 e. The molecule has 4 heteroatoms. The number of benzene rings is 2. The Morgan fingerprint density at radius 3 is 2.67 bits per heavy atom. The van der Waals surface area contributed by atoms with E-state index in [0.717, 1.165) is 24.3 Å². The maximum absolute atomic E-state index is 10.9. The first kappa shape index (κ1) is 15.1. The molecular weight excluding hydrogens is 266 g/mol. The fraction of sp³-hybridized carbons (Fsp3) is 0.235. The van der Waals surface area contributed by atoms with Crippen LogP contribution in [0, 0.1) is 0 Å². The number of hydrogen-bond acceptors (Lipinski definition) is 3. The van der Waals surface area contributed by atoms with Crippen molar-refractivity contribution in [2.24, 2.45) is 0 Å². The molecular formula is C17H19NO3. The number of rotatable bonds is 8. The summed E-state index contributed by atoms with van der Waals surface area (Å²) in [5.41, 5.74) is 1.29. The number of nitrogens with one attached hydrogen (secondary N) is 1. The van der Waals surface area contributed by atoms with Gasteiger partial charge in [-0.3, -0.25) is 0 Å². The van der Waals surface area contributed by atoms with Crippen molar-refractivity contribution in [1.82, 2.24) is 5.32 Å². The highest BCUT2D eigenvalue weighted by atomic mass is 16.5. The Kier molecular flexibility index (Phi) is 5.79. The van der Waals surface area contributed by atoms with Crippen molar-refractivity contribution in [2.45, 2.75) is 13.0 Å². The molecule has 21 heavy (non-hydrogen) atoms. The van der Waals surface area contributed by atoms with Gasteiger partial charge in [-0.15, -0.1) is 0 Å². The molecule has 4 nitrogen and oxygen atoms in total. The Hall–Kier alpha value is -2.33. The minimum absolute atomic E-state index is 0.321. The smallest absolute Gasteiger partial charge is 0.335 e. The van der Waals surface area contributed by atoms with Crippen molar-refractivity contribution in [1.29, 1.82) is 0 Å². The molecule has 110 valence electrons. The van der Waals surface area contributed by atoms with Crippen LogP contribution in [-0.2, 0) is 6.54 Å². The van der Waals surface area contributed by atoms with Gasteiger partial charge in [0, 0.05) is 6.54 Å². The number of carboxylic acid groups (broad SMARTS) is 1. The lowest BCUT2D eigenvalue weighted by Crippen LogP contribution is -2.17. The van der Waals surface area contributed by atoms with E-state index in [4.69, 9.17) is 9.84 Å². The number of carbonyl (C=O) groups is 1. The van der Waals surface area contributed by atoms with Gasteiger partial charge in [-0.25, -0.2) is 4.79 Å². The van der Waals surface area contributed by atoms with Crippen LogP contribution in [0.3, 0.4) is 0 Å². The predicted octanol–water partition coefficient (Wildman–Crippen LogP) is 2.94. The standard InChI is InChI=1S/C17H19NO3/c19-17(20)15-7-4-6-14(12-15)13-18-10-5-11-21-16-8-2-1-3-9-16/h1-4,6-9,12,18H,5,10-11,13H2,(H,19,20). The highest BCUT2D eigenvalue weighted by molar-refractivity contribution is 5.87. The van der Waals surface area contributed by atoms with E-state index < -0.39 is 5.97 Å². The molecule has 2 aromatic rings. The molecule has 2 aromatic carbocycles. The average molecular weight is 285 g/mol. The van der Waals surface area contributed by atoms with Gasteiger partial charge in [0.1, 0.15) is 5.75 Å². The second-order valence-corrected chi connectivity index (χ2v) is 4.70. The molecule has 2 N–H and O–H groups in total. The van der Waals surface area contributed by atoms with Crippen molar-refractivity contribution in [3.63, 3.8) is 0 Å². The normalized spacial score (nSPS) is 10.3. The van der Waals surface area contributed by atoms with Crippen LogP contribution in [0.5, 0.6) is 5.75 Å². The van der Waals surface area contributed by atoms with Crippen molar-refractivity contribution >= 4 is 5.97 Å². The monoisotopic (exact) mass is 285 g/mol. The Morgan fingerprint density at radius 1 is 1.10 bits per heavy atom. The lowest BCUT2D eigenvalue weighted by Gasteiger charge is -2.07. The average Bonchev–Trinajstić information content (AvgIpc) is 2.52. The van der Waals surface area contributed by atoms with Crippen molar-refractivity contribution < 1.29 is 14.6 Å². The molecule has 2 rings (SSSR count). The zero-order valence-corrected chi connectivity index (χ0v) is 11.8. The summed E-state index contributed by atoms with van der Waals surface area (Å²) < 4.78 is 5.59. The summed E-state index contributed by atoms with van der Waals surface area (Å²) in [7, 11) is 0. The van der Waals surface area contributed by atoms with Gasteiger partial charge in [0.05, 0.1) is 12.2 Å².